The summed E-state index contributed by atoms with van der Waals surface area (Å²) >= 11 is 0. The third kappa shape index (κ3) is 15.1. The number of aliphatic hydroxyl groups excluding tert-OH is 14. The van der Waals surface area contributed by atoms with E-state index in [1.165, 1.54) is 26.4 Å². The molecule has 30 atom stereocenters. The molecule has 0 bridgehead atoms. The Morgan fingerprint density at radius 2 is 0.975 bits per heavy atom. The van der Waals surface area contributed by atoms with Crippen LogP contribution in [0.4, 0.5) is 0 Å². The van der Waals surface area contributed by atoms with E-state index < -0.39 is 203 Å². The smallest absolute Gasteiger partial charge is 0.330 e. The number of fused-ring (bicyclic) bond motifs is 1. The van der Waals surface area contributed by atoms with Crippen molar-refractivity contribution >= 4 is 11.9 Å². The second-order valence-electron chi connectivity index (χ2n) is 22.9. The summed E-state index contributed by atoms with van der Waals surface area (Å²) in [5.41, 5.74) is 0. The Balaban J connectivity index is 1.04. The van der Waals surface area contributed by atoms with Crippen LogP contribution in [0.3, 0.4) is 0 Å². The fourth-order valence-corrected chi connectivity index (χ4v) is 12.7. The molecular weight excluding hydrogens is 1070 g/mol. The maximum absolute atomic E-state index is 13.1. The standard InChI is InChI=1S/C53H84O27/c1-70-33-14-23(4-9-28(33)57)6-12-40(61)72-20-37-42(63)45(66)48(69)52(78-37)80-50-46(67)43(64)38(21-73-39(60)11-5-22-3-8-27(56)30(59)13-22)79-53(50)76-35-18-26-31(74-49(35)24-7-10-29(58)34(15-24)71-2)16-25(55)17-32(26)75-51-47(68)44(65)41(62)36(19-54)77-51/h5-6,11-12,22-38,41-59,62-69H,3-4,7-10,13-21H2,1-2H3. The van der Waals surface area contributed by atoms with Crippen LogP contribution in [-0.2, 0) is 61.7 Å². The number of methoxy groups -OCH3 is 2. The van der Waals surface area contributed by atoms with Gasteiger partial charge in [-0.2, -0.15) is 0 Å². The molecule has 0 aromatic heterocycles. The summed E-state index contributed by atoms with van der Waals surface area (Å²) in [5, 5.41) is 152. The molecule has 27 nitrogen and oxygen atoms in total. The van der Waals surface area contributed by atoms with Gasteiger partial charge in [0.05, 0.1) is 73.8 Å². The van der Waals surface area contributed by atoms with Crippen molar-refractivity contribution < 1.29 is 133 Å². The summed E-state index contributed by atoms with van der Waals surface area (Å²) in [7, 11) is 2.93. The van der Waals surface area contributed by atoms with Gasteiger partial charge in [-0.3, -0.25) is 0 Å². The Labute approximate surface area is 462 Å². The van der Waals surface area contributed by atoms with Crippen LogP contribution in [0.5, 0.6) is 0 Å². The lowest BCUT2D eigenvalue weighted by Gasteiger charge is -2.53. The van der Waals surface area contributed by atoms with Crippen molar-refractivity contribution in [1.82, 2.24) is 0 Å². The van der Waals surface area contributed by atoms with E-state index in [0.717, 1.165) is 6.08 Å². The molecule has 0 amide bonds. The molecule has 4 saturated heterocycles. The minimum atomic E-state index is -2.05. The average molecular weight is 1150 g/mol. The summed E-state index contributed by atoms with van der Waals surface area (Å²) in [6.07, 6.45) is -26.9. The van der Waals surface area contributed by atoms with Crippen molar-refractivity contribution in [3.05, 3.63) is 24.3 Å². The Kier molecular flexibility index (Phi) is 22.7. The van der Waals surface area contributed by atoms with Gasteiger partial charge in [0.25, 0.3) is 0 Å². The molecule has 4 aliphatic heterocycles. The van der Waals surface area contributed by atoms with E-state index in [0.29, 0.717) is 38.5 Å². The van der Waals surface area contributed by atoms with Gasteiger partial charge in [0, 0.05) is 38.7 Å². The van der Waals surface area contributed by atoms with Crippen LogP contribution in [0, 0.1) is 23.7 Å². The second-order valence-corrected chi connectivity index (χ2v) is 22.9. The molecule has 0 radical (unpaired) electrons. The van der Waals surface area contributed by atoms with Crippen LogP contribution in [0.2, 0.25) is 0 Å². The Hall–Kier alpha value is -2.50. The van der Waals surface area contributed by atoms with Gasteiger partial charge in [-0.1, -0.05) is 12.2 Å². The van der Waals surface area contributed by atoms with Gasteiger partial charge in [0.1, 0.15) is 86.5 Å². The Morgan fingerprint density at radius 3 is 1.57 bits per heavy atom. The lowest BCUT2D eigenvalue weighted by Crippen LogP contribution is -2.66. The Bertz CT molecular complexity index is 2020. The van der Waals surface area contributed by atoms with Crippen molar-refractivity contribution in [3.8, 4) is 0 Å². The lowest BCUT2D eigenvalue weighted by molar-refractivity contribution is -0.380. The predicted molar refractivity (Wildman–Crippen MR) is 266 cm³/mol. The van der Waals surface area contributed by atoms with E-state index in [1.54, 1.807) is 6.08 Å². The van der Waals surface area contributed by atoms with Crippen LogP contribution in [-0.4, -0.2) is 277 Å². The zero-order valence-electron chi connectivity index (χ0n) is 44.8. The highest BCUT2D eigenvalue weighted by atomic mass is 16.8. The topological polar surface area (TPSA) is 419 Å². The molecule has 0 aromatic carbocycles. The van der Waals surface area contributed by atoms with Crippen molar-refractivity contribution in [3.63, 3.8) is 0 Å². The molecule has 4 aliphatic carbocycles. The predicted octanol–water partition coefficient (Wildman–Crippen LogP) is -4.80. The highest BCUT2D eigenvalue weighted by molar-refractivity contribution is 5.82. The van der Waals surface area contributed by atoms with Crippen molar-refractivity contribution in [2.75, 3.05) is 34.0 Å². The number of esters is 2. The largest absolute Gasteiger partial charge is 0.460 e. The van der Waals surface area contributed by atoms with Gasteiger partial charge >= 0.3 is 11.9 Å². The molecule has 0 spiro atoms. The van der Waals surface area contributed by atoms with E-state index in [2.05, 4.69) is 0 Å². The molecule has 0 aromatic rings. The molecule has 8 rings (SSSR count). The molecule has 8 fully saturated rings. The molecule has 14 N–H and O–H groups in total. The summed E-state index contributed by atoms with van der Waals surface area (Å²) in [6, 6.07) is 0. The third-order valence-corrected chi connectivity index (χ3v) is 17.5. The average Bonchev–Trinajstić information content (AvgIpc) is 3.58. The molecule has 4 saturated carbocycles. The summed E-state index contributed by atoms with van der Waals surface area (Å²) in [4.78, 5) is 26.0. The van der Waals surface area contributed by atoms with Crippen LogP contribution in [0.25, 0.3) is 0 Å². The number of allylic oxidation sites excluding steroid dienone is 2. The van der Waals surface area contributed by atoms with E-state index in [9.17, 15) is 81.1 Å². The first-order valence-corrected chi connectivity index (χ1v) is 28.0. The van der Waals surface area contributed by atoms with Crippen LogP contribution >= 0.6 is 0 Å². The summed E-state index contributed by atoms with van der Waals surface area (Å²) < 4.78 is 66.0. The van der Waals surface area contributed by atoms with E-state index >= 15 is 0 Å². The maximum atomic E-state index is 13.1. The zero-order chi connectivity index (χ0) is 57.7. The van der Waals surface area contributed by atoms with Gasteiger partial charge in [0.15, 0.2) is 18.9 Å². The third-order valence-electron chi connectivity index (χ3n) is 17.5. The lowest BCUT2D eigenvalue weighted by atomic mass is 9.72. The van der Waals surface area contributed by atoms with E-state index in [4.69, 9.17) is 52.1 Å². The maximum Gasteiger partial charge on any atom is 0.330 e. The second kappa shape index (κ2) is 28.6. The van der Waals surface area contributed by atoms with Crippen LogP contribution < -0.4 is 0 Å². The van der Waals surface area contributed by atoms with Crippen LogP contribution in [0.1, 0.15) is 77.0 Å². The zero-order valence-corrected chi connectivity index (χ0v) is 44.8. The van der Waals surface area contributed by atoms with Crippen molar-refractivity contribution in [2.45, 2.75) is 236 Å². The minimum Gasteiger partial charge on any atom is -0.460 e. The number of ether oxygens (including phenoxy) is 11. The number of rotatable bonds is 18. The van der Waals surface area contributed by atoms with E-state index in [1.807, 2.05) is 0 Å². The molecule has 27 heteroatoms. The SMILES string of the molecule is COC1CC(C=CC(=O)OCC2OC(OC3C(OC4CC5C(OC6OC(CO)C(O)C(O)C6O)CC(O)CC5OC4C4CCC(O)C(OC)C4)OC(COC(=O)C=CC4CCC(O)C(O)C4)C(O)C3O)C(O)C(O)C2O)CCC1O. The van der Waals surface area contributed by atoms with Crippen LogP contribution in [0.15, 0.2) is 24.3 Å². The number of aliphatic hydroxyl groups is 14. The van der Waals surface area contributed by atoms with Gasteiger partial charge < -0.3 is 124 Å². The fourth-order valence-electron chi connectivity index (χ4n) is 12.7. The van der Waals surface area contributed by atoms with E-state index in [-0.39, 0.29) is 50.4 Å². The van der Waals surface area contributed by atoms with Gasteiger partial charge in [-0.15, -0.1) is 0 Å². The monoisotopic (exact) mass is 1150 g/mol. The number of carbonyl (C=O) groups excluding carboxylic acids is 2. The first-order chi connectivity index (χ1) is 38.2. The normalized spacial score (nSPS) is 48.6. The fraction of sp³-hybridized carbons (Fsp3) is 0.887. The number of hydrogen-bond donors (Lipinski definition) is 14. The molecule has 30 unspecified atom stereocenters. The quantitative estimate of drug-likeness (QED) is 0.0452. The summed E-state index contributed by atoms with van der Waals surface area (Å²) in [6.45, 7) is -2.08. The first-order valence-electron chi connectivity index (χ1n) is 28.0. The Morgan fingerprint density at radius 1 is 0.463 bits per heavy atom. The molecular formula is C53H84O27. The molecule has 80 heavy (non-hydrogen) atoms. The van der Waals surface area contributed by atoms with Gasteiger partial charge in [-0.05, 0) is 88.4 Å². The number of carbonyl (C=O) groups is 2. The number of hydrogen-bond acceptors (Lipinski definition) is 27. The van der Waals surface area contributed by atoms with Crippen molar-refractivity contribution in [2.24, 2.45) is 23.7 Å². The molecule has 4 heterocycles. The highest BCUT2D eigenvalue weighted by Crippen LogP contribution is 2.46. The molecule has 458 valence electrons. The summed E-state index contributed by atoms with van der Waals surface area (Å²) in [5.74, 6) is -3.20. The molecule has 8 aliphatic rings. The van der Waals surface area contributed by atoms with Gasteiger partial charge in [0.2, 0.25) is 0 Å². The first kappa shape index (κ1) is 63.5. The highest BCUT2D eigenvalue weighted by Gasteiger charge is 2.56. The van der Waals surface area contributed by atoms with Gasteiger partial charge in [-0.25, -0.2) is 9.59 Å². The van der Waals surface area contributed by atoms with Crippen molar-refractivity contribution in [1.29, 1.82) is 0 Å². The minimum absolute atomic E-state index is 0.00836.